The van der Waals surface area contributed by atoms with Crippen LogP contribution in [-0.2, 0) is 4.79 Å². The molecule has 0 aromatic heterocycles. The fourth-order valence-corrected chi connectivity index (χ4v) is 2.09. The number of nitrogens with zero attached hydrogens (tertiary/aromatic N) is 2. The molecular formula is C14H18ClN3O. The Balaban J connectivity index is 1.84. The molecule has 0 spiro atoms. The van der Waals surface area contributed by atoms with Crippen molar-refractivity contribution in [1.29, 1.82) is 0 Å². The molecule has 1 aliphatic heterocycles. The van der Waals surface area contributed by atoms with Crippen molar-refractivity contribution in [2.24, 2.45) is 0 Å². The number of likely N-dealkylation sites (N-methyl/N-ethyl adjacent to an activating group) is 1. The number of amides is 1. The van der Waals surface area contributed by atoms with Crippen LogP contribution in [0.4, 0.5) is 0 Å². The highest BCUT2D eigenvalue weighted by Gasteiger charge is 2.14. The maximum absolute atomic E-state index is 11.8. The van der Waals surface area contributed by atoms with Crippen LogP contribution in [0.25, 0.3) is 6.08 Å². The van der Waals surface area contributed by atoms with Gasteiger partial charge in [0.1, 0.15) is 0 Å². The molecule has 4 nitrogen and oxygen atoms in total. The maximum Gasteiger partial charge on any atom is 0.258 e. The van der Waals surface area contributed by atoms with E-state index < -0.39 is 0 Å². The Labute approximate surface area is 118 Å². The van der Waals surface area contributed by atoms with Crippen LogP contribution >= 0.6 is 11.6 Å². The number of hydrazine groups is 1. The number of benzene rings is 1. The van der Waals surface area contributed by atoms with Gasteiger partial charge in [0.15, 0.2) is 0 Å². The largest absolute Gasteiger partial charge is 0.304 e. The first-order valence-electron chi connectivity index (χ1n) is 6.31. The quantitative estimate of drug-likeness (QED) is 0.855. The number of carbonyl (C=O) groups excluding carboxylic acids is 1. The first-order valence-corrected chi connectivity index (χ1v) is 6.69. The van der Waals surface area contributed by atoms with Crippen molar-refractivity contribution in [2.75, 3.05) is 33.2 Å². The molecule has 102 valence electrons. The van der Waals surface area contributed by atoms with Gasteiger partial charge in [-0.2, -0.15) is 0 Å². The third-order valence-electron chi connectivity index (χ3n) is 3.05. The van der Waals surface area contributed by atoms with Gasteiger partial charge in [0.2, 0.25) is 0 Å². The summed E-state index contributed by atoms with van der Waals surface area (Å²) in [5.41, 5.74) is 3.79. The lowest BCUT2D eigenvalue weighted by Crippen LogP contribution is -2.52. The minimum absolute atomic E-state index is 0.107. The summed E-state index contributed by atoms with van der Waals surface area (Å²) >= 11 is 5.88. The lowest BCUT2D eigenvalue weighted by atomic mass is 10.2. The highest BCUT2D eigenvalue weighted by atomic mass is 35.5. The second-order valence-corrected chi connectivity index (χ2v) is 5.09. The fraction of sp³-hybridized carbons (Fsp3) is 0.357. The SMILES string of the molecule is CN1CCN(NC(=O)/C=C/c2cccc(Cl)c2)CC1. The van der Waals surface area contributed by atoms with Gasteiger partial charge in [-0.1, -0.05) is 23.7 Å². The molecular weight excluding hydrogens is 262 g/mol. The van der Waals surface area contributed by atoms with E-state index in [0.29, 0.717) is 5.02 Å². The van der Waals surface area contributed by atoms with E-state index in [-0.39, 0.29) is 5.91 Å². The third kappa shape index (κ3) is 4.67. The van der Waals surface area contributed by atoms with E-state index in [2.05, 4.69) is 17.4 Å². The normalized spacial score (nSPS) is 17.8. The average Bonchev–Trinajstić information content (AvgIpc) is 2.39. The summed E-state index contributed by atoms with van der Waals surface area (Å²) < 4.78 is 0. The van der Waals surface area contributed by atoms with Gasteiger partial charge in [-0.3, -0.25) is 10.2 Å². The van der Waals surface area contributed by atoms with E-state index in [1.54, 1.807) is 6.08 Å². The predicted molar refractivity (Wildman–Crippen MR) is 77.7 cm³/mol. The molecule has 1 fully saturated rings. The van der Waals surface area contributed by atoms with Crippen molar-refractivity contribution in [3.8, 4) is 0 Å². The van der Waals surface area contributed by atoms with Crippen LogP contribution in [0.5, 0.6) is 0 Å². The number of rotatable bonds is 3. The topological polar surface area (TPSA) is 35.6 Å². The van der Waals surface area contributed by atoms with Crippen LogP contribution in [0, 0.1) is 0 Å². The van der Waals surface area contributed by atoms with Crippen molar-refractivity contribution in [2.45, 2.75) is 0 Å². The minimum atomic E-state index is -0.107. The Morgan fingerprint density at radius 2 is 2.05 bits per heavy atom. The van der Waals surface area contributed by atoms with Crippen LogP contribution in [-0.4, -0.2) is 49.0 Å². The van der Waals surface area contributed by atoms with E-state index in [1.807, 2.05) is 29.3 Å². The van der Waals surface area contributed by atoms with Crippen molar-refractivity contribution < 1.29 is 4.79 Å². The lowest BCUT2D eigenvalue weighted by Gasteiger charge is -2.31. The van der Waals surface area contributed by atoms with E-state index >= 15 is 0 Å². The molecule has 1 amide bonds. The Hall–Kier alpha value is -1.36. The molecule has 0 unspecified atom stereocenters. The molecule has 19 heavy (non-hydrogen) atoms. The Bertz CT molecular complexity index is 468. The fourth-order valence-electron chi connectivity index (χ4n) is 1.89. The zero-order valence-corrected chi connectivity index (χ0v) is 11.7. The maximum atomic E-state index is 11.8. The molecule has 0 bridgehead atoms. The molecule has 1 aromatic carbocycles. The van der Waals surface area contributed by atoms with Crippen LogP contribution < -0.4 is 5.43 Å². The molecule has 0 radical (unpaired) electrons. The van der Waals surface area contributed by atoms with Crippen LogP contribution in [0.1, 0.15) is 5.56 Å². The van der Waals surface area contributed by atoms with E-state index in [1.165, 1.54) is 6.08 Å². The van der Waals surface area contributed by atoms with E-state index in [9.17, 15) is 4.79 Å². The Kier molecular flexibility index (Phi) is 4.96. The first kappa shape index (κ1) is 14.1. The summed E-state index contributed by atoms with van der Waals surface area (Å²) in [6.07, 6.45) is 3.29. The second-order valence-electron chi connectivity index (χ2n) is 4.65. The Morgan fingerprint density at radius 3 is 2.74 bits per heavy atom. The van der Waals surface area contributed by atoms with Gasteiger partial charge in [0, 0.05) is 37.3 Å². The van der Waals surface area contributed by atoms with Crippen molar-refractivity contribution >= 4 is 23.6 Å². The van der Waals surface area contributed by atoms with Crippen LogP contribution in [0.15, 0.2) is 30.3 Å². The molecule has 1 N–H and O–H groups in total. The second kappa shape index (κ2) is 6.70. The molecule has 0 atom stereocenters. The monoisotopic (exact) mass is 279 g/mol. The van der Waals surface area contributed by atoms with E-state index in [0.717, 1.165) is 31.7 Å². The summed E-state index contributed by atoms with van der Waals surface area (Å²) in [5.74, 6) is -0.107. The summed E-state index contributed by atoms with van der Waals surface area (Å²) in [6, 6.07) is 7.40. The highest BCUT2D eigenvalue weighted by molar-refractivity contribution is 6.30. The summed E-state index contributed by atoms with van der Waals surface area (Å²) in [6.45, 7) is 3.65. The molecule has 1 aromatic rings. The molecule has 1 heterocycles. The minimum Gasteiger partial charge on any atom is -0.304 e. The van der Waals surface area contributed by atoms with Gasteiger partial charge < -0.3 is 4.90 Å². The van der Waals surface area contributed by atoms with Gasteiger partial charge in [0.25, 0.3) is 5.91 Å². The number of halogens is 1. The highest BCUT2D eigenvalue weighted by Crippen LogP contribution is 2.11. The predicted octanol–water partition coefficient (Wildman–Crippen LogP) is 1.63. The number of hydrogen-bond donors (Lipinski definition) is 1. The molecule has 5 heteroatoms. The number of piperazine rings is 1. The number of hydrogen-bond acceptors (Lipinski definition) is 3. The molecule has 1 aliphatic rings. The van der Waals surface area contributed by atoms with Gasteiger partial charge in [0.05, 0.1) is 0 Å². The standard InChI is InChI=1S/C14H18ClN3O/c1-17-7-9-18(10-8-17)16-14(19)6-5-12-3-2-4-13(15)11-12/h2-6,11H,7-10H2,1H3,(H,16,19)/b6-5+. The van der Waals surface area contributed by atoms with Crippen molar-refractivity contribution in [1.82, 2.24) is 15.3 Å². The number of carbonyl (C=O) groups is 1. The molecule has 0 saturated carbocycles. The van der Waals surface area contributed by atoms with Gasteiger partial charge in [-0.15, -0.1) is 0 Å². The van der Waals surface area contributed by atoms with Crippen molar-refractivity contribution in [3.05, 3.63) is 40.9 Å². The lowest BCUT2D eigenvalue weighted by molar-refractivity contribution is -0.121. The van der Waals surface area contributed by atoms with Gasteiger partial charge in [-0.05, 0) is 30.8 Å². The first-order chi connectivity index (χ1) is 9.13. The molecule has 0 aliphatic carbocycles. The summed E-state index contributed by atoms with van der Waals surface area (Å²) in [4.78, 5) is 14.0. The third-order valence-corrected chi connectivity index (χ3v) is 3.28. The smallest absolute Gasteiger partial charge is 0.258 e. The zero-order valence-electron chi connectivity index (χ0n) is 11.0. The Morgan fingerprint density at radius 1 is 1.32 bits per heavy atom. The van der Waals surface area contributed by atoms with E-state index in [4.69, 9.17) is 11.6 Å². The zero-order chi connectivity index (χ0) is 13.7. The van der Waals surface area contributed by atoms with Crippen LogP contribution in [0.3, 0.4) is 0 Å². The molecule has 1 saturated heterocycles. The van der Waals surface area contributed by atoms with Crippen LogP contribution in [0.2, 0.25) is 5.02 Å². The van der Waals surface area contributed by atoms with Crippen molar-refractivity contribution in [3.63, 3.8) is 0 Å². The van der Waals surface area contributed by atoms with Gasteiger partial charge >= 0.3 is 0 Å². The number of nitrogens with one attached hydrogen (secondary N) is 1. The summed E-state index contributed by atoms with van der Waals surface area (Å²) in [5, 5.41) is 2.62. The van der Waals surface area contributed by atoms with Gasteiger partial charge in [-0.25, -0.2) is 5.01 Å². The summed E-state index contributed by atoms with van der Waals surface area (Å²) in [7, 11) is 2.08. The molecule has 2 rings (SSSR count). The average molecular weight is 280 g/mol.